The first kappa shape index (κ1) is 25.3. The second-order valence-electron chi connectivity index (χ2n) is 10.1. The lowest BCUT2D eigenvalue weighted by atomic mass is 9.87. The molecule has 0 amide bonds. The number of allylic oxidation sites excluding steroid dienone is 1. The van der Waals surface area contributed by atoms with E-state index in [0.29, 0.717) is 41.2 Å². The fourth-order valence-electron chi connectivity index (χ4n) is 5.21. The van der Waals surface area contributed by atoms with Gasteiger partial charge in [0.1, 0.15) is 23.1 Å². The second-order valence-corrected chi connectivity index (χ2v) is 10.1. The molecule has 0 spiro atoms. The number of ether oxygens (including phenoxy) is 2. The minimum atomic E-state index is -0.203. The normalized spacial score (nSPS) is 15.5. The Labute approximate surface area is 223 Å². The fraction of sp³-hybridized carbons (Fsp3) is 0.281. The highest BCUT2D eigenvalue weighted by Gasteiger charge is 2.38. The Bertz CT molecular complexity index is 1480. The third-order valence-electron chi connectivity index (χ3n) is 7.10. The lowest BCUT2D eigenvalue weighted by Gasteiger charge is -2.38. The average molecular weight is 506 g/mol. The Hall–Kier alpha value is -4.37. The molecule has 0 fully saturated rings. The van der Waals surface area contributed by atoms with Crippen LogP contribution in [0.4, 0.5) is 0 Å². The Morgan fingerprint density at radius 3 is 2.61 bits per heavy atom. The van der Waals surface area contributed by atoms with E-state index in [1.807, 2.05) is 18.2 Å². The molecule has 3 aromatic carbocycles. The summed E-state index contributed by atoms with van der Waals surface area (Å²) in [4.78, 5) is 21.2. The summed E-state index contributed by atoms with van der Waals surface area (Å²) >= 11 is 0. The number of rotatable bonds is 7. The summed E-state index contributed by atoms with van der Waals surface area (Å²) in [6.45, 7) is 7.78. The molecule has 5 rings (SSSR count). The van der Waals surface area contributed by atoms with Gasteiger partial charge in [-0.1, -0.05) is 55.8 Å². The van der Waals surface area contributed by atoms with E-state index in [2.05, 4.69) is 56.0 Å². The number of ketones is 1. The highest BCUT2D eigenvalue weighted by molar-refractivity contribution is 6.10. The second kappa shape index (κ2) is 10.5. The first-order valence-electron chi connectivity index (χ1n) is 12.9. The Morgan fingerprint density at radius 1 is 1.11 bits per heavy atom. The molecule has 1 atom stereocenters. The molecule has 0 saturated heterocycles. The van der Waals surface area contributed by atoms with Crippen molar-refractivity contribution < 1.29 is 14.3 Å². The smallest absolute Gasteiger partial charge is 0.192 e. The molecule has 192 valence electrons. The summed E-state index contributed by atoms with van der Waals surface area (Å²) in [5.41, 5.74) is 4.65. The van der Waals surface area contributed by atoms with Crippen molar-refractivity contribution in [2.45, 2.75) is 33.2 Å². The number of benzene rings is 3. The zero-order valence-electron chi connectivity index (χ0n) is 22.2. The number of nitriles is 1. The van der Waals surface area contributed by atoms with Crippen LogP contribution in [0.5, 0.6) is 11.5 Å². The van der Waals surface area contributed by atoms with Crippen LogP contribution in [0.1, 0.15) is 46.5 Å². The molecular weight excluding hydrogens is 474 g/mol. The third-order valence-corrected chi connectivity index (χ3v) is 7.10. The van der Waals surface area contributed by atoms with Crippen LogP contribution in [0.25, 0.3) is 0 Å². The van der Waals surface area contributed by atoms with Crippen molar-refractivity contribution in [2.24, 2.45) is 10.9 Å². The summed E-state index contributed by atoms with van der Waals surface area (Å²) in [6.07, 6.45) is 0.408. The quantitative estimate of drug-likeness (QED) is 0.383. The molecule has 0 radical (unpaired) electrons. The SMILES string of the molecule is COc1ccc2c(c1)CC(C(=O)c1cccc(C#N)c1)=C(C(C(C)C)N1CCN=C1c1ccc(C)cc1)O2. The molecule has 0 aliphatic carbocycles. The van der Waals surface area contributed by atoms with Crippen molar-refractivity contribution in [3.8, 4) is 17.6 Å². The Morgan fingerprint density at radius 2 is 1.89 bits per heavy atom. The minimum absolute atomic E-state index is 0.131. The number of Topliss-reactive ketones (excluding diaryl/α,β-unsaturated/α-hetero) is 1. The van der Waals surface area contributed by atoms with Crippen LogP contribution >= 0.6 is 0 Å². The molecular formula is C32H31N3O3. The topological polar surface area (TPSA) is 74.9 Å². The van der Waals surface area contributed by atoms with Gasteiger partial charge in [0, 0.05) is 35.2 Å². The van der Waals surface area contributed by atoms with Crippen molar-refractivity contribution in [1.82, 2.24) is 4.90 Å². The van der Waals surface area contributed by atoms with Gasteiger partial charge in [0.05, 0.1) is 31.3 Å². The molecule has 6 heteroatoms. The molecule has 0 aromatic heterocycles. The molecule has 38 heavy (non-hydrogen) atoms. The van der Waals surface area contributed by atoms with Crippen molar-refractivity contribution >= 4 is 11.6 Å². The lowest BCUT2D eigenvalue weighted by molar-refractivity contribution is 0.101. The van der Waals surface area contributed by atoms with Gasteiger partial charge in [-0.05, 0) is 43.2 Å². The van der Waals surface area contributed by atoms with Crippen LogP contribution in [-0.4, -0.2) is 42.8 Å². The average Bonchev–Trinajstić information content (AvgIpc) is 3.41. The molecule has 0 bridgehead atoms. The number of carbonyl (C=O) groups is 1. The number of amidine groups is 1. The molecule has 0 saturated carbocycles. The Balaban J connectivity index is 1.63. The van der Waals surface area contributed by atoms with Crippen LogP contribution in [0.3, 0.4) is 0 Å². The van der Waals surface area contributed by atoms with E-state index in [-0.39, 0.29) is 17.7 Å². The van der Waals surface area contributed by atoms with Gasteiger partial charge in [-0.3, -0.25) is 9.79 Å². The van der Waals surface area contributed by atoms with E-state index in [4.69, 9.17) is 14.5 Å². The number of hydrogen-bond acceptors (Lipinski definition) is 6. The highest BCUT2D eigenvalue weighted by atomic mass is 16.5. The van der Waals surface area contributed by atoms with Crippen LogP contribution < -0.4 is 9.47 Å². The molecule has 2 aliphatic heterocycles. The van der Waals surface area contributed by atoms with Gasteiger partial charge in [-0.25, -0.2) is 0 Å². The van der Waals surface area contributed by atoms with Crippen molar-refractivity contribution in [2.75, 3.05) is 20.2 Å². The largest absolute Gasteiger partial charge is 0.497 e. The lowest BCUT2D eigenvalue weighted by Crippen LogP contribution is -2.45. The monoisotopic (exact) mass is 505 g/mol. The van der Waals surface area contributed by atoms with Crippen molar-refractivity contribution in [3.05, 3.63) is 106 Å². The maximum absolute atomic E-state index is 14.0. The van der Waals surface area contributed by atoms with E-state index >= 15 is 0 Å². The predicted molar refractivity (Wildman–Crippen MR) is 148 cm³/mol. The predicted octanol–water partition coefficient (Wildman–Crippen LogP) is 5.73. The molecule has 2 heterocycles. The number of aliphatic imine (C=N–C) groups is 1. The van der Waals surface area contributed by atoms with Gasteiger partial charge >= 0.3 is 0 Å². The van der Waals surface area contributed by atoms with E-state index < -0.39 is 0 Å². The number of aryl methyl sites for hydroxylation is 1. The number of hydrogen-bond donors (Lipinski definition) is 0. The summed E-state index contributed by atoms with van der Waals surface area (Å²) in [5, 5.41) is 9.42. The van der Waals surface area contributed by atoms with Gasteiger partial charge in [-0.15, -0.1) is 0 Å². The van der Waals surface area contributed by atoms with Gasteiger partial charge in [0.15, 0.2) is 5.78 Å². The summed E-state index contributed by atoms with van der Waals surface area (Å²) in [5.74, 6) is 2.99. The standard InChI is InChI=1S/C32H31N3O3/c1-20(2)29(35-15-14-34-32(35)23-10-8-21(3)9-11-23)31-27(30(36)24-7-5-6-22(16-24)19-33)18-25-17-26(37-4)12-13-28(25)38-31/h5-13,16-17,20,29H,14-15,18H2,1-4H3. The van der Waals surface area contributed by atoms with Crippen LogP contribution in [-0.2, 0) is 6.42 Å². The van der Waals surface area contributed by atoms with E-state index in [9.17, 15) is 10.1 Å². The summed E-state index contributed by atoms with van der Waals surface area (Å²) in [7, 11) is 1.63. The third kappa shape index (κ3) is 4.80. The summed E-state index contributed by atoms with van der Waals surface area (Å²) in [6, 6.07) is 22.9. The summed E-state index contributed by atoms with van der Waals surface area (Å²) < 4.78 is 12.1. The van der Waals surface area contributed by atoms with E-state index in [1.54, 1.807) is 31.4 Å². The number of methoxy groups -OCH3 is 1. The van der Waals surface area contributed by atoms with Crippen LogP contribution in [0, 0.1) is 24.2 Å². The van der Waals surface area contributed by atoms with Gasteiger partial charge in [-0.2, -0.15) is 5.26 Å². The zero-order valence-corrected chi connectivity index (χ0v) is 22.2. The van der Waals surface area contributed by atoms with Crippen molar-refractivity contribution in [1.29, 1.82) is 5.26 Å². The van der Waals surface area contributed by atoms with Gasteiger partial charge in [0.25, 0.3) is 0 Å². The highest BCUT2D eigenvalue weighted by Crippen LogP contribution is 2.38. The van der Waals surface area contributed by atoms with Gasteiger partial charge in [0.2, 0.25) is 0 Å². The number of fused-ring (bicyclic) bond motifs is 1. The molecule has 1 unspecified atom stereocenters. The van der Waals surface area contributed by atoms with Crippen LogP contribution in [0.15, 0.2) is 83.1 Å². The molecule has 6 nitrogen and oxygen atoms in total. The van der Waals surface area contributed by atoms with E-state index in [0.717, 1.165) is 29.3 Å². The minimum Gasteiger partial charge on any atom is -0.497 e. The fourth-order valence-corrected chi connectivity index (χ4v) is 5.21. The first-order valence-corrected chi connectivity index (χ1v) is 12.9. The van der Waals surface area contributed by atoms with Crippen molar-refractivity contribution in [3.63, 3.8) is 0 Å². The molecule has 2 aliphatic rings. The number of nitrogens with zero attached hydrogens (tertiary/aromatic N) is 3. The Kier molecular flexibility index (Phi) is 7.02. The van der Waals surface area contributed by atoms with E-state index in [1.165, 1.54) is 5.56 Å². The maximum atomic E-state index is 14.0. The maximum Gasteiger partial charge on any atom is 0.192 e. The first-order chi connectivity index (χ1) is 18.4. The molecule has 0 N–H and O–H groups in total. The zero-order chi connectivity index (χ0) is 26.8. The molecule has 3 aromatic rings. The number of carbonyl (C=O) groups excluding carboxylic acids is 1. The van der Waals surface area contributed by atoms with Crippen LogP contribution in [0.2, 0.25) is 0 Å². The van der Waals surface area contributed by atoms with Gasteiger partial charge < -0.3 is 14.4 Å².